The molecule has 6 nitrogen and oxygen atoms in total. The van der Waals surface area contributed by atoms with Crippen molar-refractivity contribution in [1.29, 1.82) is 0 Å². The highest BCUT2D eigenvalue weighted by Gasteiger charge is 2.29. The van der Waals surface area contributed by atoms with Crippen molar-refractivity contribution in [3.05, 3.63) is 54.3 Å². The molecule has 0 aliphatic carbocycles. The first-order valence-electron chi connectivity index (χ1n) is 8.69. The first-order chi connectivity index (χ1) is 13.7. The van der Waals surface area contributed by atoms with Crippen LogP contribution in [0.2, 0.25) is 0 Å². The Bertz CT molecular complexity index is 968. The number of methoxy groups -OCH3 is 1. The zero-order chi connectivity index (χ0) is 21.0. The number of rotatable bonds is 6. The van der Waals surface area contributed by atoms with E-state index in [-0.39, 0.29) is 17.2 Å². The molecule has 0 saturated heterocycles. The highest BCUT2D eigenvalue weighted by molar-refractivity contribution is 5.90. The molecule has 0 aliphatic rings. The number of hydrogen-bond acceptors (Lipinski definition) is 4. The average Bonchev–Trinajstić information content (AvgIpc) is 3.10. The number of para-hydroxylation sites is 1. The van der Waals surface area contributed by atoms with E-state index in [0.717, 1.165) is 5.39 Å². The van der Waals surface area contributed by atoms with Crippen molar-refractivity contribution in [2.75, 3.05) is 19.0 Å². The third-order valence-corrected chi connectivity index (χ3v) is 4.03. The number of urea groups is 1. The summed E-state index contributed by atoms with van der Waals surface area (Å²) in [7, 11) is 1.31. The Kier molecular flexibility index (Phi) is 5.86. The molecule has 0 bridgehead atoms. The number of carbonyl (C=O) groups excluding carboxylic acids is 1. The lowest BCUT2D eigenvalue weighted by Gasteiger charge is -2.15. The van der Waals surface area contributed by atoms with Crippen LogP contribution in [-0.2, 0) is 0 Å². The van der Waals surface area contributed by atoms with Gasteiger partial charge in [-0.15, -0.1) is 0 Å². The minimum absolute atomic E-state index is 0.121. The van der Waals surface area contributed by atoms with Gasteiger partial charge in [0, 0.05) is 17.1 Å². The topological polar surface area (TPSA) is 72.7 Å². The second kappa shape index (κ2) is 8.34. The molecular formula is C20H19F3N2O4. The van der Waals surface area contributed by atoms with Crippen molar-refractivity contribution < 1.29 is 31.9 Å². The largest absolute Gasteiger partial charge is 0.493 e. The van der Waals surface area contributed by atoms with Crippen LogP contribution in [0.4, 0.5) is 23.7 Å². The lowest BCUT2D eigenvalue weighted by atomic mass is 10.2. The number of nitrogens with one attached hydrogen (secondary N) is 2. The molecule has 0 saturated carbocycles. The van der Waals surface area contributed by atoms with E-state index in [2.05, 4.69) is 10.6 Å². The first-order valence-corrected chi connectivity index (χ1v) is 8.69. The maximum absolute atomic E-state index is 12.4. The molecule has 2 N–H and O–H groups in total. The molecule has 1 unspecified atom stereocenters. The van der Waals surface area contributed by atoms with Crippen molar-refractivity contribution >= 4 is 22.7 Å². The highest BCUT2D eigenvalue weighted by Crippen LogP contribution is 2.32. The van der Waals surface area contributed by atoms with Gasteiger partial charge in [0.2, 0.25) is 0 Å². The number of furan rings is 1. The molecule has 0 aliphatic heterocycles. The predicted molar refractivity (Wildman–Crippen MR) is 101 cm³/mol. The van der Waals surface area contributed by atoms with E-state index in [9.17, 15) is 18.0 Å². The third-order valence-electron chi connectivity index (χ3n) is 4.03. The maximum atomic E-state index is 12.4. The van der Waals surface area contributed by atoms with Gasteiger partial charge in [0.15, 0.2) is 18.1 Å². The number of fused-ring (bicyclic) bond motifs is 1. The fourth-order valence-corrected chi connectivity index (χ4v) is 2.68. The second-order valence-electron chi connectivity index (χ2n) is 6.28. The van der Waals surface area contributed by atoms with E-state index >= 15 is 0 Å². The van der Waals surface area contributed by atoms with E-state index in [1.54, 1.807) is 6.92 Å². The Balaban J connectivity index is 1.66. The van der Waals surface area contributed by atoms with Gasteiger partial charge >= 0.3 is 12.2 Å². The summed E-state index contributed by atoms with van der Waals surface area (Å²) in [6.45, 7) is 0.283. The monoisotopic (exact) mass is 408 g/mol. The zero-order valence-electron chi connectivity index (χ0n) is 15.7. The summed E-state index contributed by atoms with van der Waals surface area (Å²) < 4.78 is 52.7. The number of hydrogen-bond donors (Lipinski definition) is 2. The summed E-state index contributed by atoms with van der Waals surface area (Å²) in [6, 6.07) is 12.5. The number of alkyl halides is 3. The second-order valence-corrected chi connectivity index (χ2v) is 6.28. The van der Waals surface area contributed by atoms with Crippen LogP contribution in [0.1, 0.15) is 18.7 Å². The molecule has 0 fully saturated rings. The van der Waals surface area contributed by atoms with Crippen LogP contribution in [0.15, 0.2) is 52.9 Å². The van der Waals surface area contributed by atoms with Gasteiger partial charge in [-0.3, -0.25) is 0 Å². The standard InChI is InChI=1S/C20H19F3N2O4/c1-12(17-9-13-5-3-4-6-15(13)29-17)24-19(26)25-14-7-8-16(27-2)18(10-14)28-11-20(21,22)23/h3-10,12H,11H2,1-2H3,(H2,24,25,26). The van der Waals surface area contributed by atoms with Crippen LogP contribution in [0.3, 0.4) is 0 Å². The molecule has 9 heteroatoms. The van der Waals surface area contributed by atoms with Crippen LogP contribution >= 0.6 is 0 Å². The van der Waals surface area contributed by atoms with Crippen LogP contribution in [0, 0.1) is 0 Å². The molecule has 2 aromatic carbocycles. The molecule has 1 aromatic heterocycles. The molecule has 3 aromatic rings. The molecule has 1 heterocycles. The SMILES string of the molecule is COc1ccc(NC(=O)NC(C)c2cc3ccccc3o2)cc1OCC(F)(F)F. The van der Waals surface area contributed by atoms with Crippen LogP contribution in [0.5, 0.6) is 11.5 Å². The van der Waals surface area contributed by atoms with E-state index in [4.69, 9.17) is 13.9 Å². The smallest absolute Gasteiger partial charge is 0.422 e. The van der Waals surface area contributed by atoms with Gasteiger partial charge in [-0.05, 0) is 31.2 Å². The third kappa shape index (κ3) is 5.34. The van der Waals surface area contributed by atoms with Crippen molar-refractivity contribution in [1.82, 2.24) is 5.32 Å². The Morgan fingerprint density at radius 2 is 1.90 bits per heavy atom. The lowest BCUT2D eigenvalue weighted by Crippen LogP contribution is -2.31. The number of anilines is 1. The summed E-state index contributed by atoms with van der Waals surface area (Å²) in [4.78, 5) is 12.3. The Morgan fingerprint density at radius 1 is 1.14 bits per heavy atom. The minimum Gasteiger partial charge on any atom is -0.493 e. The number of benzene rings is 2. The van der Waals surface area contributed by atoms with Crippen LogP contribution < -0.4 is 20.1 Å². The van der Waals surface area contributed by atoms with Gasteiger partial charge in [0.05, 0.1) is 13.2 Å². The van der Waals surface area contributed by atoms with Gasteiger partial charge < -0.3 is 24.5 Å². The van der Waals surface area contributed by atoms with Crippen molar-refractivity contribution in [3.63, 3.8) is 0 Å². The van der Waals surface area contributed by atoms with Gasteiger partial charge in [-0.2, -0.15) is 13.2 Å². The molecule has 2 amide bonds. The van der Waals surface area contributed by atoms with E-state index in [0.29, 0.717) is 11.3 Å². The number of halogens is 3. The number of amides is 2. The highest BCUT2D eigenvalue weighted by atomic mass is 19.4. The van der Waals surface area contributed by atoms with Crippen LogP contribution in [-0.4, -0.2) is 25.9 Å². The quantitative estimate of drug-likeness (QED) is 0.583. The molecule has 1 atom stereocenters. The first kappa shape index (κ1) is 20.4. The van der Waals surface area contributed by atoms with Crippen LogP contribution in [0.25, 0.3) is 11.0 Å². The molecule has 0 spiro atoms. The number of ether oxygens (including phenoxy) is 2. The Labute approximate surface area is 164 Å². The van der Waals surface area contributed by atoms with Crippen molar-refractivity contribution in [2.45, 2.75) is 19.1 Å². The van der Waals surface area contributed by atoms with Gasteiger partial charge in [0.25, 0.3) is 0 Å². The van der Waals surface area contributed by atoms with Gasteiger partial charge in [-0.25, -0.2) is 4.79 Å². The van der Waals surface area contributed by atoms with E-state index in [1.807, 2.05) is 30.3 Å². The van der Waals surface area contributed by atoms with E-state index < -0.39 is 24.9 Å². The zero-order valence-corrected chi connectivity index (χ0v) is 15.7. The molecule has 29 heavy (non-hydrogen) atoms. The summed E-state index contributed by atoms with van der Waals surface area (Å²) in [5.74, 6) is 0.564. The lowest BCUT2D eigenvalue weighted by molar-refractivity contribution is -0.153. The van der Waals surface area contributed by atoms with Gasteiger partial charge in [-0.1, -0.05) is 18.2 Å². The Hall–Kier alpha value is -3.36. The summed E-state index contributed by atoms with van der Waals surface area (Å²) >= 11 is 0. The molecule has 154 valence electrons. The maximum Gasteiger partial charge on any atom is 0.422 e. The molecule has 3 rings (SSSR count). The number of carbonyl (C=O) groups is 1. The molecular weight excluding hydrogens is 389 g/mol. The summed E-state index contributed by atoms with van der Waals surface area (Å²) in [5, 5.41) is 6.19. The Morgan fingerprint density at radius 3 is 2.59 bits per heavy atom. The molecule has 0 radical (unpaired) electrons. The van der Waals surface area contributed by atoms with Crippen molar-refractivity contribution in [3.8, 4) is 11.5 Å². The predicted octanol–water partition coefficient (Wildman–Crippen LogP) is 5.27. The average molecular weight is 408 g/mol. The van der Waals surface area contributed by atoms with Gasteiger partial charge in [0.1, 0.15) is 11.3 Å². The normalized spacial score (nSPS) is 12.4. The summed E-state index contributed by atoms with van der Waals surface area (Å²) in [5.41, 5.74) is 0.954. The summed E-state index contributed by atoms with van der Waals surface area (Å²) in [6.07, 6.45) is -4.49. The fraction of sp³-hybridized carbons (Fsp3) is 0.250. The fourth-order valence-electron chi connectivity index (χ4n) is 2.68. The van der Waals surface area contributed by atoms with E-state index in [1.165, 1.54) is 25.3 Å². The van der Waals surface area contributed by atoms with Crippen molar-refractivity contribution in [2.24, 2.45) is 0 Å². The minimum atomic E-state index is -4.49.